The zero-order chi connectivity index (χ0) is 28.5. The summed E-state index contributed by atoms with van der Waals surface area (Å²) < 4.78 is 28.9. The summed E-state index contributed by atoms with van der Waals surface area (Å²) in [6, 6.07) is 20.5. The first-order valence-electron chi connectivity index (χ1n) is 14.9. The van der Waals surface area contributed by atoms with Gasteiger partial charge >= 0.3 is 0 Å². The molecule has 6 nitrogen and oxygen atoms in total. The van der Waals surface area contributed by atoms with Gasteiger partial charge in [0.1, 0.15) is 5.75 Å². The van der Waals surface area contributed by atoms with Crippen molar-refractivity contribution in [2.24, 2.45) is 10.2 Å². The number of aryl methyl sites for hydroxylation is 1. The van der Waals surface area contributed by atoms with E-state index >= 15 is 0 Å². The van der Waals surface area contributed by atoms with Gasteiger partial charge in [-0.15, -0.1) is 0 Å². The second-order valence-corrected chi connectivity index (χ2v) is 12.2. The Labute approximate surface area is 241 Å². The molecule has 3 aromatic rings. The van der Waals surface area contributed by atoms with Crippen LogP contribution < -0.4 is 4.72 Å². The van der Waals surface area contributed by atoms with Gasteiger partial charge in [-0.3, -0.25) is 4.72 Å². The first kappa shape index (κ1) is 31.3. The third-order valence-corrected chi connectivity index (χ3v) is 8.45. The largest absolute Gasteiger partial charge is 0.508 e. The van der Waals surface area contributed by atoms with E-state index in [1.165, 1.54) is 88.8 Å². The van der Waals surface area contributed by atoms with E-state index in [1.54, 1.807) is 24.3 Å². The summed E-state index contributed by atoms with van der Waals surface area (Å²) in [5, 5.41) is 18.4. The molecule has 0 atom stereocenters. The number of unbranched alkanes of at least 4 members (excludes halogenated alkanes) is 12. The van der Waals surface area contributed by atoms with Crippen molar-refractivity contribution in [3.05, 3.63) is 78.4 Å². The highest BCUT2D eigenvalue weighted by molar-refractivity contribution is 7.92. The molecule has 40 heavy (non-hydrogen) atoms. The van der Waals surface area contributed by atoms with Crippen LogP contribution in [-0.2, 0) is 16.4 Å². The molecular formula is C33H45N3O3S. The fourth-order valence-electron chi connectivity index (χ4n) is 4.73. The van der Waals surface area contributed by atoms with E-state index in [4.69, 9.17) is 0 Å². The number of sulfonamides is 1. The van der Waals surface area contributed by atoms with Crippen molar-refractivity contribution >= 4 is 27.1 Å². The van der Waals surface area contributed by atoms with E-state index in [-0.39, 0.29) is 10.6 Å². The molecule has 0 unspecified atom stereocenters. The van der Waals surface area contributed by atoms with E-state index in [1.807, 2.05) is 30.3 Å². The van der Waals surface area contributed by atoms with Crippen LogP contribution in [0.4, 0.5) is 17.1 Å². The average Bonchev–Trinajstić information content (AvgIpc) is 2.96. The van der Waals surface area contributed by atoms with Crippen LogP contribution in [0.5, 0.6) is 5.75 Å². The average molecular weight is 564 g/mol. The molecule has 216 valence electrons. The van der Waals surface area contributed by atoms with Crippen LogP contribution >= 0.6 is 0 Å². The number of hydrogen-bond acceptors (Lipinski definition) is 5. The van der Waals surface area contributed by atoms with E-state index in [9.17, 15) is 13.5 Å². The van der Waals surface area contributed by atoms with Crippen LogP contribution in [0.15, 0.2) is 87.9 Å². The molecule has 0 aromatic heterocycles. The van der Waals surface area contributed by atoms with Crippen molar-refractivity contribution in [2.75, 3.05) is 4.72 Å². The molecular weight excluding hydrogens is 518 g/mol. The summed E-state index contributed by atoms with van der Waals surface area (Å²) in [5.41, 5.74) is 2.60. The zero-order valence-corrected chi connectivity index (χ0v) is 24.7. The lowest BCUT2D eigenvalue weighted by atomic mass is 10.0. The third-order valence-electron chi connectivity index (χ3n) is 7.07. The van der Waals surface area contributed by atoms with Gasteiger partial charge in [0.05, 0.1) is 22.0 Å². The highest BCUT2D eigenvalue weighted by Gasteiger charge is 2.16. The Kier molecular flexibility index (Phi) is 13.7. The molecule has 0 amide bonds. The predicted molar refractivity (Wildman–Crippen MR) is 165 cm³/mol. The monoisotopic (exact) mass is 563 g/mol. The highest BCUT2D eigenvalue weighted by Crippen LogP contribution is 2.27. The minimum absolute atomic E-state index is 0.140. The van der Waals surface area contributed by atoms with Gasteiger partial charge in [-0.2, -0.15) is 10.2 Å². The smallest absolute Gasteiger partial charge is 0.261 e. The second kappa shape index (κ2) is 17.5. The molecule has 0 spiro atoms. The van der Waals surface area contributed by atoms with E-state index in [0.29, 0.717) is 17.8 Å². The molecule has 0 bridgehead atoms. The maximum atomic E-state index is 13.1. The Morgan fingerprint density at radius 2 is 1.18 bits per heavy atom. The Morgan fingerprint density at radius 3 is 1.75 bits per heavy atom. The summed E-state index contributed by atoms with van der Waals surface area (Å²) >= 11 is 0. The van der Waals surface area contributed by atoms with Crippen LogP contribution in [0.3, 0.4) is 0 Å². The first-order valence-corrected chi connectivity index (χ1v) is 16.4. The molecule has 0 fully saturated rings. The molecule has 0 saturated carbocycles. The van der Waals surface area contributed by atoms with Gasteiger partial charge in [-0.25, -0.2) is 8.42 Å². The molecule has 2 N–H and O–H groups in total. The molecule has 3 aromatic carbocycles. The fraction of sp³-hybridized carbons (Fsp3) is 0.455. The zero-order valence-electron chi connectivity index (χ0n) is 23.9. The van der Waals surface area contributed by atoms with Crippen LogP contribution in [0.2, 0.25) is 0 Å². The number of azo groups is 1. The quantitative estimate of drug-likeness (QED) is 0.0863. The third kappa shape index (κ3) is 11.5. The topological polar surface area (TPSA) is 91.1 Å². The molecule has 7 heteroatoms. The standard InChI is InChI=1S/C33H45N3O3S/c1-2-3-4-5-6-7-8-9-10-11-12-13-15-18-28-27-31(37)23-26-33(28)36-40(38,39)32-24-21-30(22-25-32)35-34-29-19-16-14-17-20-29/h14,16-17,19-27,36-37H,2-13,15,18H2,1H3. The van der Waals surface area contributed by atoms with Crippen molar-refractivity contribution in [1.82, 2.24) is 0 Å². The van der Waals surface area contributed by atoms with Gasteiger partial charge in [0, 0.05) is 0 Å². The summed E-state index contributed by atoms with van der Waals surface area (Å²) in [6.07, 6.45) is 17.3. The van der Waals surface area contributed by atoms with Gasteiger partial charge in [0.2, 0.25) is 0 Å². The molecule has 0 radical (unpaired) electrons. The molecule has 3 rings (SSSR count). The van der Waals surface area contributed by atoms with Crippen LogP contribution in [-0.4, -0.2) is 13.5 Å². The minimum atomic E-state index is -3.79. The number of hydrogen-bond donors (Lipinski definition) is 2. The van der Waals surface area contributed by atoms with Crippen molar-refractivity contribution in [2.45, 2.75) is 102 Å². The molecule has 0 aliphatic heterocycles. The SMILES string of the molecule is CCCCCCCCCCCCCCCc1cc(O)ccc1NS(=O)(=O)c1ccc(N=Nc2ccccc2)cc1. The second-order valence-electron chi connectivity index (χ2n) is 10.5. The van der Waals surface area contributed by atoms with Crippen LogP contribution in [0, 0.1) is 0 Å². The Hall–Kier alpha value is -3.19. The number of rotatable bonds is 19. The number of phenols is 1. The molecule has 0 aliphatic rings. The van der Waals surface area contributed by atoms with Gasteiger partial charge in [-0.1, -0.05) is 102 Å². The maximum Gasteiger partial charge on any atom is 0.261 e. The Bertz CT molecular complexity index is 1260. The highest BCUT2D eigenvalue weighted by atomic mass is 32.2. The maximum absolute atomic E-state index is 13.1. The Morgan fingerprint density at radius 1 is 0.650 bits per heavy atom. The molecule has 0 aliphatic carbocycles. The summed E-state index contributed by atoms with van der Waals surface area (Å²) in [4.78, 5) is 0.145. The van der Waals surface area contributed by atoms with E-state index < -0.39 is 10.0 Å². The number of anilines is 1. The number of phenolic OH excluding ortho intramolecular Hbond substituents is 1. The number of nitrogens with one attached hydrogen (secondary N) is 1. The van der Waals surface area contributed by atoms with Gasteiger partial charge in [-0.05, 0) is 73.0 Å². The van der Waals surface area contributed by atoms with Crippen molar-refractivity contribution in [3.63, 3.8) is 0 Å². The summed E-state index contributed by atoms with van der Waals surface area (Å²) in [5.74, 6) is 0.140. The normalized spacial score (nSPS) is 11.7. The first-order chi connectivity index (χ1) is 19.5. The Balaban J connectivity index is 1.43. The predicted octanol–water partition coefficient (Wildman–Crippen LogP) is 10.2. The molecule has 0 saturated heterocycles. The van der Waals surface area contributed by atoms with E-state index in [0.717, 1.165) is 24.1 Å². The van der Waals surface area contributed by atoms with Crippen molar-refractivity contribution in [1.29, 1.82) is 0 Å². The fourth-order valence-corrected chi connectivity index (χ4v) is 5.83. The summed E-state index contributed by atoms with van der Waals surface area (Å²) in [6.45, 7) is 2.26. The van der Waals surface area contributed by atoms with Gasteiger partial charge < -0.3 is 5.11 Å². The lowest BCUT2D eigenvalue weighted by Gasteiger charge is -2.13. The van der Waals surface area contributed by atoms with E-state index in [2.05, 4.69) is 21.9 Å². The van der Waals surface area contributed by atoms with Gasteiger partial charge in [0.25, 0.3) is 10.0 Å². The van der Waals surface area contributed by atoms with Crippen LogP contribution in [0.1, 0.15) is 96.0 Å². The van der Waals surface area contributed by atoms with Crippen molar-refractivity contribution in [3.8, 4) is 5.75 Å². The minimum Gasteiger partial charge on any atom is -0.508 e. The number of nitrogens with zero attached hydrogens (tertiary/aromatic N) is 2. The summed E-state index contributed by atoms with van der Waals surface area (Å²) in [7, 11) is -3.79. The lowest BCUT2D eigenvalue weighted by Crippen LogP contribution is -2.14. The van der Waals surface area contributed by atoms with Crippen molar-refractivity contribution < 1.29 is 13.5 Å². The molecule has 0 heterocycles. The van der Waals surface area contributed by atoms with Crippen LogP contribution in [0.25, 0.3) is 0 Å². The van der Waals surface area contributed by atoms with Gasteiger partial charge in [0.15, 0.2) is 0 Å². The number of aromatic hydroxyl groups is 1. The number of benzene rings is 3. The lowest BCUT2D eigenvalue weighted by molar-refractivity contribution is 0.474.